The molecule has 0 radical (unpaired) electrons. The molecule has 1 aliphatic carbocycles. The maximum atomic E-state index is 13.0. The lowest BCUT2D eigenvalue weighted by Crippen LogP contribution is -2.28. The fourth-order valence-electron chi connectivity index (χ4n) is 4.63. The molecular formula is C29H30N4O8. The summed E-state index contributed by atoms with van der Waals surface area (Å²) in [7, 11) is 4.20. The predicted octanol–water partition coefficient (Wildman–Crippen LogP) is 3.79. The number of rotatable bonds is 10. The van der Waals surface area contributed by atoms with Gasteiger partial charge in [0.1, 0.15) is 17.1 Å². The molecule has 1 aromatic carbocycles. The molecule has 214 valence electrons. The van der Waals surface area contributed by atoms with E-state index in [1.165, 1.54) is 33.5 Å². The summed E-state index contributed by atoms with van der Waals surface area (Å²) < 4.78 is 22.2. The van der Waals surface area contributed by atoms with Gasteiger partial charge in [0.15, 0.2) is 23.0 Å². The number of nitrogens with zero attached hydrogens (tertiary/aromatic N) is 2. The van der Waals surface area contributed by atoms with Crippen LogP contribution in [0.15, 0.2) is 35.7 Å². The van der Waals surface area contributed by atoms with Gasteiger partial charge in [0.25, 0.3) is 0 Å². The molecule has 0 saturated heterocycles. The minimum absolute atomic E-state index is 0.0133. The van der Waals surface area contributed by atoms with Crippen LogP contribution in [0.25, 0.3) is 22.5 Å². The number of aromatic nitrogens is 2. The van der Waals surface area contributed by atoms with E-state index >= 15 is 0 Å². The molecule has 1 aliphatic rings. The van der Waals surface area contributed by atoms with Gasteiger partial charge in [-0.25, -0.2) is 14.8 Å². The fraction of sp³-hybridized carbons (Fsp3) is 0.276. The van der Waals surface area contributed by atoms with Crippen LogP contribution in [0.5, 0.6) is 17.2 Å². The van der Waals surface area contributed by atoms with Crippen molar-refractivity contribution >= 4 is 23.2 Å². The average molecular weight is 563 g/mol. The number of carboxylic acid groups (broad SMARTS) is 1. The molecule has 3 aromatic rings. The zero-order chi connectivity index (χ0) is 30.0. The number of nitrogen functional groups attached to an aromatic ring is 1. The lowest BCUT2D eigenvalue weighted by molar-refractivity contribution is 0.0689. The zero-order valence-electron chi connectivity index (χ0n) is 23.3. The molecule has 0 unspecified atom stereocenters. The Kier molecular flexibility index (Phi) is 8.13. The summed E-state index contributed by atoms with van der Waals surface area (Å²) in [4.78, 5) is 46.7. The van der Waals surface area contributed by atoms with Crippen LogP contribution in [0.2, 0.25) is 0 Å². The summed E-state index contributed by atoms with van der Waals surface area (Å²) in [6.45, 7) is 3.96. The molecule has 12 heteroatoms. The van der Waals surface area contributed by atoms with E-state index in [1.807, 2.05) is 6.92 Å². The lowest BCUT2D eigenvalue weighted by atomic mass is 9.93. The number of pyridine rings is 2. The summed E-state index contributed by atoms with van der Waals surface area (Å²) in [5.41, 5.74) is 12.8. The van der Waals surface area contributed by atoms with Crippen molar-refractivity contribution < 1.29 is 38.4 Å². The van der Waals surface area contributed by atoms with Gasteiger partial charge in [0.05, 0.1) is 44.9 Å². The van der Waals surface area contributed by atoms with Gasteiger partial charge in [0.2, 0.25) is 17.3 Å². The zero-order valence-corrected chi connectivity index (χ0v) is 23.3. The Bertz CT molecular complexity index is 1610. The maximum Gasteiger partial charge on any atom is 0.354 e. The van der Waals surface area contributed by atoms with Crippen molar-refractivity contribution in [2.75, 3.05) is 33.7 Å². The van der Waals surface area contributed by atoms with Crippen LogP contribution >= 0.6 is 0 Å². The molecule has 0 fully saturated rings. The van der Waals surface area contributed by atoms with Gasteiger partial charge in [-0.15, -0.1) is 0 Å². The Labute approximate surface area is 235 Å². The van der Waals surface area contributed by atoms with E-state index < -0.39 is 17.5 Å². The molecule has 2 aromatic heterocycles. The normalized spacial score (nSPS) is 12.7. The highest BCUT2D eigenvalue weighted by Gasteiger charge is 2.34. The molecule has 12 nitrogen and oxygen atoms in total. The van der Waals surface area contributed by atoms with Crippen LogP contribution in [0.1, 0.15) is 56.7 Å². The Morgan fingerprint density at radius 3 is 2.22 bits per heavy atom. The van der Waals surface area contributed by atoms with Crippen LogP contribution in [0, 0.1) is 6.92 Å². The summed E-state index contributed by atoms with van der Waals surface area (Å²) >= 11 is 0. The van der Waals surface area contributed by atoms with Gasteiger partial charge in [-0.3, -0.25) is 9.59 Å². The van der Waals surface area contributed by atoms with E-state index in [0.717, 1.165) is 12.8 Å². The number of ether oxygens (including phenoxy) is 4. The summed E-state index contributed by atoms with van der Waals surface area (Å²) in [5, 5.41) is 10.0. The number of carbonyl (C=O) groups excluding carboxylic acids is 2. The number of ketones is 2. The molecule has 0 amide bonds. The maximum absolute atomic E-state index is 13.0. The predicted molar refractivity (Wildman–Crippen MR) is 149 cm³/mol. The van der Waals surface area contributed by atoms with Gasteiger partial charge in [-0.2, -0.15) is 0 Å². The van der Waals surface area contributed by atoms with Crippen molar-refractivity contribution in [1.29, 1.82) is 0 Å². The van der Waals surface area contributed by atoms with Gasteiger partial charge in [-0.05, 0) is 43.2 Å². The number of allylic oxidation sites excluding steroid dienone is 2. The molecule has 0 atom stereocenters. The first-order valence-electron chi connectivity index (χ1n) is 12.7. The second kappa shape index (κ2) is 11.5. The number of Topliss-reactive ketones (excluding diaryl/α,β-unsaturated/α-hetero) is 2. The molecular weight excluding hydrogens is 532 g/mol. The summed E-state index contributed by atoms with van der Waals surface area (Å²) in [6, 6.07) is 6.15. The van der Waals surface area contributed by atoms with Gasteiger partial charge >= 0.3 is 5.97 Å². The van der Waals surface area contributed by atoms with Gasteiger partial charge in [0, 0.05) is 11.1 Å². The third-order valence-electron chi connectivity index (χ3n) is 6.69. The van der Waals surface area contributed by atoms with Crippen molar-refractivity contribution in [3.63, 3.8) is 0 Å². The minimum Gasteiger partial charge on any atom is -0.493 e. The van der Waals surface area contributed by atoms with Gasteiger partial charge in [-0.1, -0.05) is 13.3 Å². The number of fused-ring (bicyclic) bond motifs is 1. The second-order valence-electron chi connectivity index (χ2n) is 9.11. The highest BCUT2D eigenvalue weighted by molar-refractivity contribution is 6.25. The smallest absolute Gasteiger partial charge is 0.354 e. The average Bonchev–Trinajstić information content (AvgIpc) is 2.96. The highest BCUT2D eigenvalue weighted by Crippen LogP contribution is 2.48. The molecule has 0 bridgehead atoms. The SMILES string of the molecule is CCCCOc1c(-c2c(C)c(C(=O)O)nc(-c3ccc4c(n3)C(=O)C(N)=C(OC)C4=O)c2N)ccc(OC)c1OC. The number of carboxylic acids is 1. The number of anilines is 1. The minimum atomic E-state index is -1.31. The standard InChI is InChI=1S/C29H30N4O8/c1-6-7-12-41-26-14(9-11-17(38-3)27(26)39-4)18-13(2)21(29(36)37)33-23(19(18)30)16-10-8-15-22(32-16)25(35)20(31)28(40-5)24(15)34/h8-11H,6-7,12,30-31H2,1-5H3,(H,36,37). The van der Waals surface area contributed by atoms with Crippen LogP contribution < -0.4 is 25.7 Å². The van der Waals surface area contributed by atoms with E-state index in [1.54, 1.807) is 19.1 Å². The third-order valence-corrected chi connectivity index (χ3v) is 6.69. The number of hydrogen-bond donors (Lipinski definition) is 3. The highest BCUT2D eigenvalue weighted by atomic mass is 16.5. The fourth-order valence-corrected chi connectivity index (χ4v) is 4.63. The summed E-state index contributed by atoms with van der Waals surface area (Å²) in [5.74, 6) is -1.86. The number of benzene rings is 1. The van der Waals surface area contributed by atoms with Gasteiger partial charge < -0.3 is 35.5 Å². The number of aromatic carboxylic acids is 1. The van der Waals surface area contributed by atoms with Crippen LogP contribution in [0.3, 0.4) is 0 Å². The quantitative estimate of drug-likeness (QED) is 0.304. The first-order valence-corrected chi connectivity index (χ1v) is 12.7. The van der Waals surface area contributed by atoms with Crippen molar-refractivity contribution in [1.82, 2.24) is 9.97 Å². The monoisotopic (exact) mass is 562 g/mol. The Morgan fingerprint density at radius 2 is 1.61 bits per heavy atom. The van der Waals surface area contributed by atoms with Crippen molar-refractivity contribution in [3.05, 3.63) is 58.2 Å². The number of methoxy groups -OCH3 is 3. The molecule has 0 aliphatic heterocycles. The van der Waals surface area contributed by atoms with Crippen LogP contribution in [0.4, 0.5) is 5.69 Å². The lowest BCUT2D eigenvalue weighted by Gasteiger charge is -2.22. The number of carbonyl (C=O) groups is 3. The molecule has 4 rings (SSSR count). The second-order valence-corrected chi connectivity index (χ2v) is 9.11. The van der Waals surface area contributed by atoms with E-state index in [2.05, 4.69) is 9.97 Å². The van der Waals surface area contributed by atoms with Crippen molar-refractivity contribution in [3.8, 4) is 39.8 Å². The summed E-state index contributed by atoms with van der Waals surface area (Å²) in [6.07, 6.45) is 1.63. The van der Waals surface area contributed by atoms with E-state index in [0.29, 0.717) is 35.0 Å². The molecule has 2 heterocycles. The Hall–Kier alpha value is -5.13. The first-order chi connectivity index (χ1) is 19.6. The van der Waals surface area contributed by atoms with Crippen molar-refractivity contribution in [2.24, 2.45) is 5.73 Å². The van der Waals surface area contributed by atoms with E-state index in [-0.39, 0.29) is 51.0 Å². The van der Waals surface area contributed by atoms with Crippen molar-refractivity contribution in [2.45, 2.75) is 26.7 Å². The number of nitrogens with two attached hydrogens (primary N) is 2. The van der Waals surface area contributed by atoms with Crippen LogP contribution in [-0.4, -0.2) is 60.5 Å². The molecule has 5 N–H and O–H groups in total. The Balaban J connectivity index is 2.00. The third kappa shape index (κ3) is 4.88. The largest absolute Gasteiger partial charge is 0.493 e. The number of hydrogen-bond acceptors (Lipinski definition) is 11. The van der Waals surface area contributed by atoms with Crippen LogP contribution in [-0.2, 0) is 4.74 Å². The molecule has 0 spiro atoms. The molecule has 41 heavy (non-hydrogen) atoms. The topological polar surface area (TPSA) is 186 Å². The van der Waals surface area contributed by atoms with E-state index in [4.69, 9.17) is 30.4 Å². The molecule has 0 saturated carbocycles. The van der Waals surface area contributed by atoms with E-state index in [9.17, 15) is 19.5 Å². The number of unbranched alkanes of at least 4 members (excludes halogenated alkanes) is 1. The Morgan fingerprint density at radius 1 is 0.902 bits per heavy atom. The first kappa shape index (κ1) is 28.9.